The topological polar surface area (TPSA) is 154 Å². The number of hydrogen-bond acceptors (Lipinski definition) is 11. The molecule has 0 aliphatic rings. The van der Waals surface area contributed by atoms with Crippen LogP contribution in [-0.4, -0.2) is 55.9 Å². The summed E-state index contributed by atoms with van der Waals surface area (Å²) < 4.78 is 9.54. The minimum Gasteiger partial charge on any atom is -0.466 e. The lowest BCUT2D eigenvalue weighted by atomic mass is 10.1. The molecule has 0 atom stereocenters. The second kappa shape index (κ2) is 14.4. The van der Waals surface area contributed by atoms with Gasteiger partial charge in [0.1, 0.15) is 22.4 Å². The fraction of sp³-hybridized carbons (Fsp3) is 0.429. The van der Waals surface area contributed by atoms with Crippen molar-refractivity contribution in [3.8, 4) is 0 Å². The third kappa shape index (κ3) is 9.30. The molecule has 3 aromatic rings. The predicted molar refractivity (Wildman–Crippen MR) is 130 cm³/mol. The number of carbonyl (C=O) groups excluding carboxylic acids is 3. The molecule has 0 fully saturated rings. The SMILES string of the molecule is CCOC(=O)CCC(=O)Cc1c(Cl)ncnc1Cl.CCOC(=O)CCc1nc2c(=O)[nH]cnc2s1. The zero-order valence-corrected chi connectivity index (χ0v) is 21.3. The van der Waals surface area contributed by atoms with Gasteiger partial charge in [-0.05, 0) is 13.8 Å². The highest BCUT2D eigenvalue weighted by molar-refractivity contribution is 7.18. The summed E-state index contributed by atoms with van der Waals surface area (Å²) in [5.74, 6) is -0.817. The normalized spacial score (nSPS) is 10.4. The standard InChI is InChI=1S/C11H12Cl2N2O3.C10H11N3O3S/c1-2-18-9(17)4-3-7(16)5-8-10(12)14-6-15-11(8)13;1-2-16-7(14)4-3-6-13-8-9(15)11-5-12-10(8)17-6/h6H,2-5H2,1H3;5H,2-4H2,1H3,(H,11,12,15). The first kappa shape index (κ1) is 28.3. The maximum Gasteiger partial charge on any atom is 0.306 e. The largest absolute Gasteiger partial charge is 0.466 e. The van der Waals surface area contributed by atoms with E-state index in [1.165, 1.54) is 24.0 Å². The lowest BCUT2D eigenvalue weighted by Crippen LogP contribution is -2.10. The molecular weight excluding hydrogens is 521 g/mol. The van der Waals surface area contributed by atoms with Crippen LogP contribution in [0.25, 0.3) is 10.3 Å². The number of aryl methyl sites for hydroxylation is 1. The number of aromatic amines is 1. The molecule has 0 saturated carbocycles. The number of fused-ring (bicyclic) bond motifs is 1. The highest BCUT2D eigenvalue weighted by Crippen LogP contribution is 2.21. The average Bonchev–Trinajstić information content (AvgIpc) is 3.24. The van der Waals surface area contributed by atoms with Gasteiger partial charge in [-0.15, -0.1) is 0 Å². The Kier molecular flexibility index (Phi) is 11.7. The molecule has 14 heteroatoms. The van der Waals surface area contributed by atoms with Crippen LogP contribution in [0.15, 0.2) is 17.4 Å². The number of ketones is 1. The Labute approximate surface area is 214 Å². The zero-order chi connectivity index (χ0) is 25.8. The quantitative estimate of drug-likeness (QED) is 0.297. The Morgan fingerprint density at radius 1 is 0.971 bits per heavy atom. The van der Waals surface area contributed by atoms with Gasteiger partial charge < -0.3 is 14.5 Å². The Bertz CT molecular complexity index is 1210. The van der Waals surface area contributed by atoms with Crippen LogP contribution in [0.5, 0.6) is 0 Å². The van der Waals surface area contributed by atoms with E-state index in [9.17, 15) is 19.2 Å². The van der Waals surface area contributed by atoms with Gasteiger partial charge in [-0.2, -0.15) is 0 Å². The number of aromatic nitrogens is 5. The van der Waals surface area contributed by atoms with E-state index in [4.69, 9.17) is 32.7 Å². The van der Waals surface area contributed by atoms with Gasteiger partial charge in [-0.3, -0.25) is 19.2 Å². The molecule has 1 N–H and O–H groups in total. The Morgan fingerprint density at radius 3 is 2.20 bits per heavy atom. The summed E-state index contributed by atoms with van der Waals surface area (Å²) in [6.45, 7) is 4.15. The van der Waals surface area contributed by atoms with Crippen molar-refractivity contribution in [1.82, 2.24) is 24.9 Å². The molecule has 0 amide bonds. The monoisotopic (exact) mass is 543 g/mol. The molecule has 188 valence electrons. The summed E-state index contributed by atoms with van der Waals surface area (Å²) >= 11 is 12.9. The van der Waals surface area contributed by atoms with Crippen LogP contribution in [0.2, 0.25) is 10.3 Å². The summed E-state index contributed by atoms with van der Waals surface area (Å²) in [6.07, 6.45) is 3.45. The van der Waals surface area contributed by atoms with E-state index >= 15 is 0 Å². The number of thiazole rings is 1. The first-order valence-electron chi connectivity index (χ1n) is 10.6. The number of ether oxygens (including phenoxy) is 2. The van der Waals surface area contributed by atoms with E-state index < -0.39 is 5.97 Å². The predicted octanol–water partition coefficient (Wildman–Crippen LogP) is 3.11. The summed E-state index contributed by atoms with van der Waals surface area (Å²) in [5, 5.41) is 1.02. The number of hydrogen-bond donors (Lipinski definition) is 1. The molecule has 0 spiro atoms. The first-order valence-corrected chi connectivity index (χ1v) is 12.1. The second-order valence-electron chi connectivity index (χ2n) is 6.75. The number of halogens is 2. The molecule has 3 heterocycles. The van der Waals surface area contributed by atoms with Crippen LogP contribution in [0.4, 0.5) is 0 Å². The lowest BCUT2D eigenvalue weighted by Gasteiger charge is -2.04. The highest BCUT2D eigenvalue weighted by Gasteiger charge is 2.14. The molecule has 11 nitrogen and oxygen atoms in total. The van der Waals surface area contributed by atoms with Gasteiger partial charge in [-0.1, -0.05) is 34.5 Å². The molecule has 0 unspecified atom stereocenters. The molecule has 35 heavy (non-hydrogen) atoms. The number of esters is 2. The smallest absolute Gasteiger partial charge is 0.306 e. The maximum absolute atomic E-state index is 11.6. The second-order valence-corrected chi connectivity index (χ2v) is 8.53. The summed E-state index contributed by atoms with van der Waals surface area (Å²) in [4.78, 5) is 64.0. The average molecular weight is 544 g/mol. The fourth-order valence-corrected chi connectivity index (χ4v) is 3.99. The van der Waals surface area contributed by atoms with Gasteiger partial charge in [0.05, 0.1) is 37.4 Å². The van der Waals surface area contributed by atoms with E-state index in [1.54, 1.807) is 13.8 Å². The van der Waals surface area contributed by atoms with Crippen molar-refractivity contribution in [1.29, 1.82) is 0 Å². The fourth-order valence-electron chi connectivity index (χ4n) is 2.63. The van der Waals surface area contributed by atoms with Crippen molar-refractivity contribution in [2.45, 2.75) is 46.0 Å². The molecule has 0 radical (unpaired) electrons. The highest BCUT2D eigenvalue weighted by atomic mass is 35.5. The Hall–Kier alpha value is -2.96. The van der Waals surface area contributed by atoms with Crippen LogP contribution in [-0.2, 0) is 36.7 Å². The summed E-state index contributed by atoms with van der Waals surface area (Å²) in [5.41, 5.74) is 0.458. The van der Waals surface area contributed by atoms with Gasteiger partial charge >= 0.3 is 11.9 Å². The van der Waals surface area contributed by atoms with E-state index in [0.717, 1.165) is 5.01 Å². The molecule has 0 aliphatic carbocycles. The molecule has 0 aromatic carbocycles. The molecule has 0 aliphatic heterocycles. The first-order chi connectivity index (χ1) is 16.7. The van der Waals surface area contributed by atoms with Crippen molar-refractivity contribution < 1.29 is 23.9 Å². The minimum atomic E-state index is -0.396. The van der Waals surface area contributed by atoms with E-state index in [0.29, 0.717) is 35.5 Å². The van der Waals surface area contributed by atoms with Crippen LogP contribution in [0, 0.1) is 0 Å². The number of carbonyl (C=O) groups is 3. The van der Waals surface area contributed by atoms with Crippen molar-refractivity contribution in [2.24, 2.45) is 0 Å². The number of nitrogens with zero attached hydrogens (tertiary/aromatic N) is 4. The van der Waals surface area contributed by atoms with E-state index in [2.05, 4.69) is 24.9 Å². The number of rotatable bonds is 10. The third-order valence-corrected chi connectivity index (χ3v) is 5.90. The van der Waals surface area contributed by atoms with Crippen LogP contribution >= 0.6 is 34.5 Å². The van der Waals surface area contributed by atoms with Gasteiger partial charge in [-0.25, -0.2) is 19.9 Å². The maximum atomic E-state index is 11.6. The van der Waals surface area contributed by atoms with E-state index in [-0.39, 0.29) is 53.3 Å². The van der Waals surface area contributed by atoms with Crippen LogP contribution in [0.3, 0.4) is 0 Å². The van der Waals surface area contributed by atoms with Crippen molar-refractivity contribution in [2.75, 3.05) is 13.2 Å². The Morgan fingerprint density at radius 2 is 1.60 bits per heavy atom. The minimum absolute atomic E-state index is 0.0118. The molecule has 3 rings (SSSR count). The van der Waals surface area contributed by atoms with Gasteiger partial charge in [0.15, 0.2) is 10.3 Å². The van der Waals surface area contributed by atoms with Gasteiger partial charge in [0, 0.05) is 24.8 Å². The van der Waals surface area contributed by atoms with Gasteiger partial charge in [0.2, 0.25) is 0 Å². The lowest BCUT2D eigenvalue weighted by molar-refractivity contribution is -0.144. The van der Waals surface area contributed by atoms with Crippen molar-refractivity contribution in [3.63, 3.8) is 0 Å². The number of nitrogens with one attached hydrogen (secondary N) is 1. The van der Waals surface area contributed by atoms with Crippen LogP contribution in [0.1, 0.15) is 43.7 Å². The number of H-pyrrole nitrogens is 1. The van der Waals surface area contributed by atoms with E-state index in [1.807, 2.05) is 0 Å². The Balaban J connectivity index is 0.000000247. The van der Waals surface area contributed by atoms with Crippen LogP contribution < -0.4 is 5.56 Å². The third-order valence-electron chi connectivity index (χ3n) is 4.22. The van der Waals surface area contributed by atoms with Gasteiger partial charge in [0.25, 0.3) is 5.56 Å². The molecule has 0 saturated heterocycles. The molecule has 0 bridgehead atoms. The van der Waals surface area contributed by atoms with Crippen molar-refractivity contribution >= 4 is 62.6 Å². The number of Topliss-reactive ketones (excluding diaryl/α,β-unsaturated/α-hetero) is 1. The molecule has 3 aromatic heterocycles. The zero-order valence-electron chi connectivity index (χ0n) is 19.0. The summed E-state index contributed by atoms with van der Waals surface area (Å²) in [6, 6.07) is 0. The summed E-state index contributed by atoms with van der Waals surface area (Å²) in [7, 11) is 0. The molecular formula is C21H23Cl2N5O6S. The van der Waals surface area contributed by atoms with Crippen molar-refractivity contribution in [3.05, 3.63) is 43.9 Å².